The van der Waals surface area contributed by atoms with E-state index in [2.05, 4.69) is 5.10 Å². The van der Waals surface area contributed by atoms with Crippen LogP contribution in [0.4, 0.5) is 0 Å². The van der Waals surface area contributed by atoms with Crippen LogP contribution in [-0.4, -0.2) is 15.7 Å². The van der Waals surface area contributed by atoms with Gasteiger partial charge in [-0.1, -0.05) is 78.4 Å². The second kappa shape index (κ2) is 7.92. The highest BCUT2D eigenvalue weighted by molar-refractivity contribution is 5.96. The molecule has 0 unspecified atom stereocenters. The Morgan fingerprint density at radius 1 is 0.893 bits per heavy atom. The molecule has 0 spiro atoms. The molecule has 4 nitrogen and oxygen atoms in total. The van der Waals surface area contributed by atoms with Crippen LogP contribution in [0.15, 0.2) is 91.1 Å². The highest BCUT2D eigenvalue weighted by atomic mass is 16.5. The van der Waals surface area contributed by atoms with Crippen LogP contribution in [0.25, 0.3) is 16.9 Å². The van der Waals surface area contributed by atoms with Gasteiger partial charge in [0, 0.05) is 11.8 Å². The number of esters is 1. The molecule has 0 N–H and O–H groups in total. The summed E-state index contributed by atoms with van der Waals surface area (Å²) in [7, 11) is 0. The molecule has 1 heterocycles. The van der Waals surface area contributed by atoms with Crippen LogP contribution in [0.5, 0.6) is 0 Å². The number of carbonyl (C=O) groups excluding carboxylic acids is 1. The number of rotatable bonds is 5. The number of hydrogen-bond donors (Lipinski definition) is 0. The highest BCUT2D eigenvalue weighted by Gasteiger charge is 2.20. The maximum atomic E-state index is 12.8. The second-order valence-corrected chi connectivity index (χ2v) is 6.60. The van der Waals surface area contributed by atoms with Gasteiger partial charge >= 0.3 is 5.97 Å². The van der Waals surface area contributed by atoms with E-state index in [4.69, 9.17) is 4.74 Å². The first-order valence-electron chi connectivity index (χ1n) is 9.14. The molecular weight excluding hydrogens is 348 g/mol. The second-order valence-electron chi connectivity index (χ2n) is 6.60. The topological polar surface area (TPSA) is 44.1 Å². The van der Waals surface area contributed by atoms with Gasteiger partial charge in [-0.05, 0) is 24.6 Å². The SMILES string of the molecule is Cc1ccc(-c2nn(-c3ccccc3)cc2C(=O)OCc2ccccc2)cc1. The molecule has 0 saturated heterocycles. The summed E-state index contributed by atoms with van der Waals surface area (Å²) in [6, 6.07) is 27.3. The van der Waals surface area contributed by atoms with E-state index in [0.717, 1.165) is 22.4 Å². The Kier molecular flexibility index (Phi) is 5.02. The van der Waals surface area contributed by atoms with Crippen LogP contribution in [0.1, 0.15) is 21.5 Å². The third-order valence-corrected chi connectivity index (χ3v) is 4.49. The molecule has 0 aliphatic carbocycles. The Morgan fingerprint density at radius 3 is 2.21 bits per heavy atom. The average molecular weight is 368 g/mol. The van der Waals surface area contributed by atoms with Crippen LogP contribution >= 0.6 is 0 Å². The van der Waals surface area contributed by atoms with Crippen LogP contribution in [0.3, 0.4) is 0 Å². The fourth-order valence-electron chi connectivity index (χ4n) is 2.96. The zero-order chi connectivity index (χ0) is 19.3. The summed E-state index contributed by atoms with van der Waals surface area (Å²) in [5.41, 5.74) is 4.93. The predicted octanol–water partition coefficient (Wildman–Crippen LogP) is 5.20. The summed E-state index contributed by atoms with van der Waals surface area (Å²) in [5.74, 6) is -0.387. The van der Waals surface area contributed by atoms with E-state index in [0.29, 0.717) is 11.3 Å². The number of carbonyl (C=O) groups is 1. The molecule has 0 fully saturated rings. The molecule has 0 radical (unpaired) electrons. The van der Waals surface area contributed by atoms with Gasteiger partial charge in [-0.2, -0.15) is 5.10 Å². The van der Waals surface area contributed by atoms with Crippen molar-refractivity contribution in [1.29, 1.82) is 0 Å². The minimum Gasteiger partial charge on any atom is -0.457 e. The standard InChI is InChI=1S/C24H20N2O2/c1-18-12-14-20(15-13-18)23-22(16-26(25-23)21-10-6-3-7-11-21)24(27)28-17-19-8-4-2-5-9-19/h2-16H,17H2,1H3. The number of benzene rings is 3. The van der Waals surface area contributed by atoms with E-state index in [-0.39, 0.29) is 12.6 Å². The first-order valence-corrected chi connectivity index (χ1v) is 9.14. The van der Waals surface area contributed by atoms with Crippen LogP contribution in [0, 0.1) is 6.92 Å². The van der Waals surface area contributed by atoms with Gasteiger partial charge in [-0.3, -0.25) is 0 Å². The molecule has 0 saturated carbocycles. The van der Waals surface area contributed by atoms with Crippen molar-refractivity contribution >= 4 is 5.97 Å². The summed E-state index contributed by atoms with van der Waals surface area (Å²) in [5, 5.41) is 4.67. The third-order valence-electron chi connectivity index (χ3n) is 4.49. The predicted molar refractivity (Wildman–Crippen MR) is 109 cm³/mol. The minimum atomic E-state index is -0.387. The fraction of sp³-hybridized carbons (Fsp3) is 0.0833. The Labute approximate surface area is 164 Å². The molecule has 138 valence electrons. The molecule has 28 heavy (non-hydrogen) atoms. The Morgan fingerprint density at radius 2 is 1.54 bits per heavy atom. The van der Waals surface area contributed by atoms with Crippen molar-refractivity contribution in [3.05, 3.63) is 108 Å². The van der Waals surface area contributed by atoms with E-state index in [1.807, 2.05) is 91.9 Å². The summed E-state index contributed by atoms with van der Waals surface area (Å²) in [6.07, 6.45) is 1.73. The lowest BCUT2D eigenvalue weighted by atomic mass is 10.1. The summed E-state index contributed by atoms with van der Waals surface area (Å²) in [6.45, 7) is 2.25. The molecule has 4 heteroatoms. The summed E-state index contributed by atoms with van der Waals surface area (Å²) < 4.78 is 7.27. The Bertz CT molecular complexity index is 1070. The first-order chi connectivity index (χ1) is 13.7. The first kappa shape index (κ1) is 17.7. The molecule has 1 aromatic heterocycles. The third kappa shape index (κ3) is 3.86. The molecule has 0 aliphatic heterocycles. The van der Waals surface area contributed by atoms with Gasteiger partial charge in [-0.15, -0.1) is 0 Å². The van der Waals surface area contributed by atoms with Crippen LogP contribution in [-0.2, 0) is 11.3 Å². The molecule has 4 rings (SSSR count). The van der Waals surface area contributed by atoms with Gasteiger partial charge < -0.3 is 4.74 Å². The van der Waals surface area contributed by atoms with Gasteiger partial charge in [-0.25, -0.2) is 9.48 Å². The lowest BCUT2D eigenvalue weighted by Crippen LogP contribution is -2.05. The molecule has 0 bridgehead atoms. The maximum Gasteiger partial charge on any atom is 0.342 e. The van der Waals surface area contributed by atoms with Crippen LogP contribution in [0.2, 0.25) is 0 Å². The van der Waals surface area contributed by atoms with Gasteiger partial charge in [0.15, 0.2) is 0 Å². The quantitative estimate of drug-likeness (QED) is 0.455. The maximum absolute atomic E-state index is 12.8. The van der Waals surface area contributed by atoms with Crippen molar-refractivity contribution in [2.24, 2.45) is 0 Å². The zero-order valence-corrected chi connectivity index (χ0v) is 15.6. The lowest BCUT2D eigenvalue weighted by Gasteiger charge is -2.05. The van der Waals surface area contributed by atoms with Crippen LogP contribution < -0.4 is 0 Å². The van der Waals surface area contributed by atoms with E-state index >= 15 is 0 Å². The summed E-state index contributed by atoms with van der Waals surface area (Å²) in [4.78, 5) is 12.8. The number of ether oxygens (including phenoxy) is 1. The molecule has 0 atom stereocenters. The van der Waals surface area contributed by atoms with Crippen molar-refractivity contribution in [1.82, 2.24) is 9.78 Å². The number of aryl methyl sites for hydroxylation is 1. The monoisotopic (exact) mass is 368 g/mol. The Balaban J connectivity index is 1.68. The molecular formula is C24H20N2O2. The molecule has 4 aromatic rings. The van der Waals surface area contributed by atoms with Crippen molar-refractivity contribution in [2.75, 3.05) is 0 Å². The van der Waals surface area contributed by atoms with Crippen molar-refractivity contribution in [3.8, 4) is 16.9 Å². The Hall–Kier alpha value is -3.66. The zero-order valence-electron chi connectivity index (χ0n) is 15.6. The van der Waals surface area contributed by atoms with Crippen molar-refractivity contribution < 1.29 is 9.53 Å². The number of hydrogen-bond acceptors (Lipinski definition) is 3. The van der Waals surface area contributed by atoms with Crippen molar-refractivity contribution in [2.45, 2.75) is 13.5 Å². The summed E-state index contributed by atoms with van der Waals surface area (Å²) >= 11 is 0. The largest absolute Gasteiger partial charge is 0.457 e. The van der Waals surface area contributed by atoms with E-state index in [9.17, 15) is 4.79 Å². The molecule has 0 aliphatic rings. The number of para-hydroxylation sites is 1. The normalized spacial score (nSPS) is 10.6. The van der Waals surface area contributed by atoms with Gasteiger partial charge in [0.1, 0.15) is 17.9 Å². The smallest absolute Gasteiger partial charge is 0.342 e. The minimum absolute atomic E-state index is 0.226. The van der Waals surface area contributed by atoms with E-state index in [1.165, 1.54) is 0 Å². The van der Waals surface area contributed by atoms with Crippen molar-refractivity contribution in [3.63, 3.8) is 0 Å². The van der Waals surface area contributed by atoms with E-state index < -0.39 is 0 Å². The number of aromatic nitrogens is 2. The fourth-order valence-corrected chi connectivity index (χ4v) is 2.96. The highest BCUT2D eigenvalue weighted by Crippen LogP contribution is 2.25. The molecule has 0 amide bonds. The molecule has 3 aromatic carbocycles. The van der Waals surface area contributed by atoms with Gasteiger partial charge in [0.25, 0.3) is 0 Å². The lowest BCUT2D eigenvalue weighted by molar-refractivity contribution is 0.0473. The average Bonchev–Trinajstić information content (AvgIpc) is 3.19. The number of nitrogens with zero attached hydrogens (tertiary/aromatic N) is 2. The van der Waals surface area contributed by atoms with E-state index in [1.54, 1.807) is 10.9 Å². The van der Waals surface area contributed by atoms with Gasteiger partial charge in [0.05, 0.1) is 5.69 Å². The van der Waals surface area contributed by atoms with Gasteiger partial charge in [0.2, 0.25) is 0 Å².